The maximum Gasteiger partial charge on any atom is 0.150 e. The van der Waals surface area contributed by atoms with Crippen LogP contribution in [0.3, 0.4) is 0 Å². The van der Waals surface area contributed by atoms with Crippen molar-refractivity contribution in [3.05, 3.63) is 0 Å². The Kier molecular flexibility index (Phi) is 4.64. The third kappa shape index (κ3) is 4.76. The molecule has 0 saturated carbocycles. The lowest BCUT2D eigenvalue weighted by Crippen LogP contribution is -2.15. The molecule has 0 atom stereocenters. The lowest BCUT2D eigenvalue weighted by molar-refractivity contribution is 0.593. The van der Waals surface area contributed by atoms with Crippen LogP contribution in [0.2, 0.25) is 0 Å². The van der Waals surface area contributed by atoms with Crippen molar-refractivity contribution >= 4 is 9.84 Å². The second-order valence-corrected chi connectivity index (χ2v) is 4.67. The van der Waals surface area contributed by atoms with Gasteiger partial charge in [-0.2, -0.15) is 0 Å². The minimum atomic E-state index is -2.73. The van der Waals surface area contributed by atoms with Crippen LogP contribution >= 0.6 is 0 Å². The SMILES string of the molecule is CCS(=O)(=O)CCCNC. The largest absolute Gasteiger partial charge is 0.320 e. The van der Waals surface area contributed by atoms with E-state index in [2.05, 4.69) is 5.32 Å². The molecule has 4 heteroatoms. The van der Waals surface area contributed by atoms with Gasteiger partial charge in [-0.05, 0) is 20.0 Å². The Bertz CT molecular complexity index is 163. The fourth-order valence-corrected chi connectivity index (χ4v) is 1.49. The predicted octanol–water partition coefficient (Wildman–Crippen LogP) is 0.0306. The Morgan fingerprint density at radius 1 is 1.40 bits per heavy atom. The molecule has 1 N–H and O–H groups in total. The highest BCUT2D eigenvalue weighted by atomic mass is 32.2. The van der Waals surface area contributed by atoms with Gasteiger partial charge in [-0.25, -0.2) is 8.42 Å². The summed E-state index contributed by atoms with van der Waals surface area (Å²) < 4.78 is 21.7. The molecule has 0 bridgehead atoms. The number of nitrogens with one attached hydrogen (secondary N) is 1. The number of sulfone groups is 1. The van der Waals surface area contributed by atoms with Gasteiger partial charge < -0.3 is 5.32 Å². The van der Waals surface area contributed by atoms with E-state index in [1.165, 1.54) is 0 Å². The van der Waals surface area contributed by atoms with E-state index >= 15 is 0 Å². The molecule has 3 nitrogen and oxygen atoms in total. The van der Waals surface area contributed by atoms with Crippen LogP contribution in [0.4, 0.5) is 0 Å². The minimum absolute atomic E-state index is 0.261. The highest BCUT2D eigenvalue weighted by Crippen LogP contribution is 1.91. The molecular formula is C6H15NO2S. The summed E-state index contributed by atoms with van der Waals surface area (Å²) in [7, 11) is -0.914. The van der Waals surface area contributed by atoms with Gasteiger partial charge >= 0.3 is 0 Å². The van der Waals surface area contributed by atoms with Gasteiger partial charge in [0.2, 0.25) is 0 Å². The molecule has 10 heavy (non-hydrogen) atoms. The fourth-order valence-electron chi connectivity index (χ4n) is 0.613. The van der Waals surface area contributed by atoms with E-state index in [0.29, 0.717) is 12.2 Å². The van der Waals surface area contributed by atoms with E-state index in [-0.39, 0.29) is 5.75 Å². The summed E-state index contributed by atoms with van der Waals surface area (Å²) in [5.74, 6) is 0.570. The van der Waals surface area contributed by atoms with Crippen LogP contribution in [0.5, 0.6) is 0 Å². The summed E-state index contributed by atoms with van der Waals surface area (Å²) in [6.07, 6.45) is 0.715. The molecule has 62 valence electrons. The van der Waals surface area contributed by atoms with Gasteiger partial charge in [0, 0.05) is 5.75 Å². The van der Waals surface area contributed by atoms with Gasteiger partial charge in [0.1, 0.15) is 9.84 Å². The van der Waals surface area contributed by atoms with Crippen molar-refractivity contribution < 1.29 is 8.42 Å². The van der Waals surface area contributed by atoms with Crippen LogP contribution < -0.4 is 5.32 Å². The van der Waals surface area contributed by atoms with Gasteiger partial charge in [0.15, 0.2) is 0 Å². The molecule has 0 aromatic rings. The molecule has 0 aliphatic rings. The minimum Gasteiger partial charge on any atom is -0.320 e. The molecule has 0 unspecified atom stereocenters. The molecule has 0 fully saturated rings. The van der Waals surface area contributed by atoms with Crippen LogP contribution in [-0.4, -0.2) is 33.5 Å². The standard InChI is InChI=1S/C6H15NO2S/c1-3-10(8,9)6-4-5-7-2/h7H,3-6H2,1-2H3. The second kappa shape index (κ2) is 4.68. The lowest BCUT2D eigenvalue weighted by Gasteiger charge is -1.99. The van der Waals surface area contributed by atoms with Crippen LogP contribution in [-0.2, 0) is 9.84 Å². The van der Waals surface area contributed by atoms with Crippen LogP contribution in [0.25, 0.3) is 0 Å². The molecule has 0 aliphatic heterocycles. The molecule has 0 heterocycles. The molecule has 0 rings (SSSR count). The molecule has 0 saturated heterocycles. The van der Waals surface area contributed by atoms with Crippen molar-refractivity contribution in [1.29, 1.82) is 0 Å². The summed E-state index contributed by atoms with van der Waals surface area (Å²) in [6, 6.07) is 0. The molecule has 0 aromatic heterocycles. The average molecular weight is 165 g/mol. The molecule has 0 amide bonds. The van der Waals surface area contributed by atoms with Crippen molar-refractivity contribution in [2.24, 2.45) is 0 Å². The Balaban J connectivity index is 3.49. The zero-order chi connectivity index (χ0) is 8.04. The molecule has 0 spiro atoms. The van der Waals surface area contributed by atoms with E-state index in [9.17, 15) is 8.42 Å². The molecule has 0 radical (unpaired) electrons. The normalized spacial score (nSPS) is 11.8. The third-order valence-electron chi connectivity index (χ3n) is 1.32. The zero-order valence-electron chi connectivity index (χ0n) is 6.55. The van der Waals surface area contributed by atoms with E-state index in [1.54, 1.807) is 6.92 Å². The first-order valence-electron chi connectivity index (χ1n) is 3.47. The molecule has 0 aliphatic carbocycles. The number of hydrogen-bond acceptors (Lipinski definition) is 3. The third-order valence-corrected chi connectivity index (χ3v) is 3.11. The maximum atomic E-state index is 10.8. The number of hydrogen-bond donors (Lipinski definition) is 1. The monoisotopic (exact) mass is 165 g/mol. The first-order valence-corrected chi connectivity index (χ1v) is 5.29. The van der Waals surface area contributed by atoms with Crippen LogP contribution in [0.15, 0.2) is 0 Å². The highest BCUT2D eigenvalue weighted by Gasteiger charge is 2.04. The smallest absolute Gasteiger partial charge is 0.150 e. The average Bonchev–Trinajstić information content (AvgIpc) is 1.89. The van der Waals surface area contributed by atoms with Crippen LogP contribution in [0.1, 0.15) is 13.3 Å². The van der Waals surface area contributed by atoms with E-state index < -0.39 is 9.84 Å². The Morgan fingerprint density at radius 3 is 2.40 bits per heavy atom. The number of rotatable bonds is 5. The first-order chi connectivity index (χ1) is 4.62. The van der Waals surface area contributed by atoms with Gasteiger partial charge in [-0.3, -0.25) is 0 Å². The summed E-state index contributed by atoms with van der Waals surface area (Å²) in [5, 5.41) is 2.90. The summed E-state index contributed by atoms with van der Waals surface area (Å²) in [4.78, 5) is 0. The fraction of sp³-hybridized carbons (Fsp3) is 1.00. The molecular weight excluding hydrogens is 150 g/mol. The molecule has 0 aromatic carbocycles. The maximum absolute atomic E-state index is 10.8. The van der Waals surface area contributed by atoms with Crippen molar-refractivity contribution in [3.8, 4) is 0 Å². The van der Waals surface area contributed by atoms with Crippen molar-refractivity contribution in [3.63, 3.8) is 0 Å². The van der Waals surface area contributed by atoms with Gasteiger partial charge in [-0.15, -0.1) is 0 Å². The Hall–Kier alpha value is -0.0900. The zero-order valence-corrected chi connectivity index (χ0v) is 7.37. The predicted molar refractivity (Wildman–Crippen MR) is 42.9 cm³/mol. The lowest BCUT2D eigenvalue weighted by atomic mass is 10.5. The summed E-state index contributed by atoms with van der Waals surface area (Å²) in [6.45, 7) is 2.45. The summed E-state index contributed by atoms with van der Waals surface area (Å²) >= 11 is 0. The van der Waals surface area contributed by atoms with Gasteiger partial charge in [-0.1, -0.05) is 6.92 Å². The first kappa shape index (κ1) is 9.91. The quantitative estimate of drug-likeness (QED) is 0.585. The van der Waals surface area contributed by atoms with Crippen molar-refractivity contribution in [2.75, 3.05) is 25.1 Å². The van der Waals surface area contributed by atoms with E-state index in [4.69, 9.17) is 0 Å². The Morgan fingerprint density at radius 2 is 2.00 bits per heavy atom. The van der Waals surface area contributed by atoms with Gasteiger partial charge in [0.05, 0.1) is 5.75 Å². The van der Waals surface area contributed by atoms with E-state index in [1.807, 2.05) is 7.05 Å². The van der Waals surface area contributed by atoms with Gasteiger partial charge in [0.25, 0.3) is 0 Å². The highest BCUT2D eigenvalue weighted by molar-refractivity contribution is 7.91. The van der Waals surface area contributed by atoms with Crippen molar-refractivity contribution in [1.82, 2.24) is 5.32 Å². The second-order valence-electron chi connectivity index (χ2n) is 2.19. The topological polar surface area (TPSA) is 46.2 Å². The summed E-state index contributed by atoms with van der Waals surface area (Å²) in [5.41, 5.74) is 0. The Labute approximate surface area is 62.7 Å². The van der Waals surface area contributed by atoms with E-state index in [0.717, 1.165) is 6.54 Å². The van der Waals surface area contributed by atoms with Crippen molar-refractivity contribution in [2.45, 2.75) is 13.3 Å². The van der Waals surface area contributed by atoms with Crippen LogP contribution in [0, 0.1) is 0 Å².